The molecule has 0 radical (unpaired) electrons. The van der Waals surface area contributed by atoms with Crippen molar-refractivity contribution in [2.24, 2.45) is 0 Å². The summed E-state index contributed by atoms with van der Waals surface area (Å²) in [6.45, 7) is 2.48. The number of anilines is 1. The van der Waals surface area contributed by atoms with Gasteiger partial charge in [-0.3, -0.25) is 4.79 Å². The summed E-state index contributed by atoms with van der Waals surface area (Å²) < 4.78 is 12.1. The van der Waals surface area contributed by atoms with E-state index >= 15 is 0 Å². The molecule has 1 amide bonds. The van der Waals surface area contributed by atoms with Gasteiger partial charge in [-0.25, -0.2) is 0 Å². The minimum atomic E-state index is -0.0419. The molecule has 138 valence electrons. The Kier molecular flexibility index (Phi) is 4.79. The highest BCUT2D eigenvalue weighted by Gasteiger charge is 2.29. The SMILES string of the molecule is CCOc1cc(C2CC(=O)Nc3c2ccc2ccccc32)cc(Br)c1OC. The molecule has 0 spiro atoms. The second kappa shape index (κ2) is 7.24. The van der Waals surface area contributed by atoms with E-state index in [2.05, 4.69) is 39.4 Å². The van der Waals surface area contributed by atoms with Gasteiger partial charge in [0.1, 0.15) is 0 Å². The van der Waals surface area contributed by atoms with Crippen molar-refractivity contribution >= 4 is 38.3 Å². The van der Waals surface area contributed by atoms with Crippen molar-refractivity contribution in [3.63, 3.8) is 0 Å². The Morgan fingerprint density at radius 3 is 2.78 bits per heavy atom. The predicted molar refractivity (Wildman–Crippen MR) is 111 cm³/mol. The molecule has 3 aromatic rings. The molecule has 0 saturated heterocycles. The lowest BCUT2D eigenvalue weighted by atomic mass is 9.83. The zero-order chi connectivity index (χ0) is 19.0. The summed E-state index contributed by atoms with van der Waals surface area (Å²) in [5, 5.41) is 5.25. The largest absolute Gasteiger partial charge is 0.492 e. The van der Waals surface area contributed by atoms with Crippen LogP contribution in [0.4, 0.5) is 5.69 Å². The van der Waals surface area contributed by atoms with E-state index in [1.165, 1.54) is 0 Å². The monoisotopic (exact) mass is 425 g/mol. The zero-order valence-corrected chi connectivity index (χ0v) is 16.8. The smallest absolute Gasteiger partial charge is 0.225 e. The van der Waals surface area contributed by atoms with E-state index in [-0.39, 0.29) is 11.8 Å². The number of nitrogens with one attached hydrogen (secondary N) is 1. The highest BCUT2D eigenvalue weighted by atomic mass is 79.9. The van der Waals surface area contributed by atoms with E-state index in [0.717, 1.165) is 32.1 Å². The molecular weight excluding hydrogens is 406 g/mol. The van der Waals surface area contributed by atoms with Crippen LogP contribution in [0, 0.1) is 0 Å². The summed E-state index contributed by atoms with van der Waals surface area (Å²) in [4.78, 5) is 12.5. The Labute approximate surface area is 166 Å². The van der Waals surface area contributed by atoms with Crippen LogP contribution in [0.1, 0.15) is 30.4 Å². The van der Waals surface area contributed by atoms with Crippen LogP contribution in [0.15, 0.2) is 53.0 Å². The molecule has 0 fully saturated rings. The zero-order valence-electron chi connectivity index (χ0n) is 15.2. The van der Waals surface area contributed by atoms with E-state index in [1.807, 2.05) is 37.3 Å². The number of ether oxygens (including phenoxy) is 2. The standard InChI is InChI=1S/C22H20BrNO3/c1-3-27-19-11-14(10-18(23)22(19)26-2)17-12-20(25)24-21-15-7-5-4-6-13(15)8-9-16(17)21/h4-11,17H,3,12H2,1-2H3,(H,24,25). The molecule has 4 nitrogen and oxygen atoms in total. The van der Waals surface area contributed by atoms with E-state index in [4.69, 9.17) is 9.47 Å². The number of hydrogen-bond donors (Lipinski definition) is 1. The van der Waals surface area contributed by atoms with Crippen LogP contribution in [0.5, 0.6) is 11.5 Å². The van der Waals surface area contributed by atoms with E-state index < -0.39 is 0 Å². The van der Waals surface area contributed by atoms with Crippen LogP contribution < -0.4 is 14.8 Å². The van der Waals surface area contributed by atoms with Gasteiger partial charge in [0.05, 0.1) is 23.9 Å². The van der Waals surface area contributed by atoms with Gasteiger partial charge in [-0.15, -0.1) is 0 Å². The quantitative estimate of drug-likeness (QED) is 0.601. The minimum absolute atomic E-state index is 0.0220. The molecule has 1 aliphatic heterocycles. The van der Waals surface area contributed by atoms with Crippen LogP contribution in [0.2, 0.25) is 0 Å². The Balaban J connectivity index is 1.89. The summed E-state index contributed by atoms with van der Waals surface area (Å²) in [7, 11) is 1.62. The van der Waals surface area contributed by atoms with Gasteiger partial charge >= 0.3 is 0 Å². The van der Waals surface area contributed by atoms with Gasteiger partial charge < -0.3 is 14.8 Å². The molecule has 1 aliphatic rings. The van der Waals surface area contributed by atoms with Crippen molar-refractivity contribution in [3.05, 3.63) is 64.1 Å². The first-order valence-electron chi connectivity index (χ1n) is 8.94. The molecule has 1 heterocycles. The first-order valence-corrected chi connectivity index (χ1v) is 9.73. The van der Waals surface area contributed by atoms with Crippen molar-refractivity contribution in [2.75, 3.05) is 19.0 Å². The second-order valence-corrected chi connectivity index (χ2v) is 7.38. The molecule has 27 heavy (non-hydrogen) atoms. The van der Waals surface area contributed by atoms with Gasteiger partial charge in [0.25, 0.3) is 0 Å². The van der Waals surface area contributed by atoms with Gasteiger partial charge in [-0.1, -0.05) is 36.4 Å². The van der Waals surface area contributed by atoms with Gasteiger partial charge in [-0.2, -0.15) is 0 Å². The number of methoxy groups -OCH3 is 1. The van der Waals surface area contributed by atoms with E-state index in [9.17, 15) is 4.79 Å². The number of rotatable bonds is 4. The lowest BCUT2D eigenvalue weighted by Gasteiger charge is -2.28. The summed E-state index contributed by atoms with van der Waals surface area (Å²) in [5.74, 6) is 1.32. The first kappa shape index (κ1) is 17.9. The van der Waals surface area contributed by atoms with Crippen LogP contribution in [0.25, 0.3) is 10.8 Å². The van der Waals surface area contributed by atoms with Gasteiger partial charge in [0, 0.05) is 17.7 Å². The molecule has 1 atom stereocenters. The van der Waals surface area contributed by atoms with Gasteiger partial charge in [-0.05, 0) is 51.5 Å². The topological polar surface area (TPSA) is 47.6 Å². The lowest BCUT2D eigenvalue weighted by Crippen LogP contribution is -2.23. The maximum absolute atomic E-state index is 12.5. The molecular formula is C22H20BrNO3. The predicted octanol–water partition coefficient (Wildman–Crippen LogP) is 5.48. The van der Waals surface area contributed by atoms with E-state index in [1.54, 1.807) is 7.11 Å². The summed E-state index contributed by atoms with van der Waals surface area (Å²) in [6.07, 6.45) is 0.398. The lowest BCUT2D eigenvalue weighted by molar-refractivity contribution is -0.116. The van der Waals surface area contributed by atoms with Crippen molar-refractivity contribution < 1.29 is 14.3 Å². The normalized spacial score (nSPS) is 16.0. The molecule has 0 bridgehead atoms. The third-order valence-corrected chi connectivity index (χ3v) is 5.52. The fourth-order valence-corrected chi connectivity index (χ4v) is 4.37. The number of amides is 1. The number of benzene rings is 3. The average molecular weight is 426 g/mol. The van der Waals surface area contributed by atoms with Crippen molar-refractivity contribution in [1.29, 1.82) is 0 Å². The number of halogens is 1. The van der Waals surface area contributed by atoms with Gasteiger partial charge in [0.15, 0.2) is 11.5 Å². The summed E-state index contributed by atoms with van der Waals surface area (Å²) in [5.41, 5.74) is 3.05. The minimum Gasteiger partial charge on any atom is -0.492 e. The Morgan fingerprint density at radius 1 is 1.19 bits per heavy atom. The fourth-order valence-electron chi connectivity index (χ4n) is 3.75. The van der Waals surface area contributed by atoms with Crippen LogP contribution in [0.3, 0.4) is 0 Å². The van der Waals surface area contributed by atoms with Crippen molar-refractivity contribution in [3.8, 4) is 11.5 Å². The summed E-state index contributed by atoms with van der Waals surface area (Å²) >= 11 is 3.58. The molecule has 0 aromatic heterocycles. The molecule has 4 rings (SSSR count). The number of fused-ring (bicyclic) bond motifs is 3. The molecule has 5 heteroatoms. The number of carbonyl (C=O) groups excluding carboxylic acids is 1. The van der Waals surface area contributed by atoms with Crippen LogP contribution >= 0.6 is 15.9 Å². The van der Waals surface area contributed by atoms with Crippen molar-refractivity contribution in [1.82, 2.24) is 0 Å². The highest BCUT2D eigenvalue weighted by molar-refractivity contribution is 9.10. The fraction of sp³-hybridized carbons (Fsp3) is 0.227. The Bertz CT molecular complexity index is 1030. The number of hydrogen-bond acceptors (Lipinski definition) is 3. The molecule has 0 saturated carbocycles. The first-order chi connectivity index (χ1) is 13.1. The Morgan fingerprint density at radius 2 is 2.00 bits per heavy atom. The van der Waals surface area contributed by atoms with Gasteiger partial charge in [0.2, 0.25) is 5.91 Å². The number of carbonyl (C=O) groups is 1. The molecule has 1 unspecified atom stereocenters. The van der Waals surface area contributed by atoms with Crippen molar-refractivity contribution in [2.45, 2.75) is 19.3 Å². The third-order valence-electron chi connectivity index (χ3n) is 4.93. The molecule has 3 aromatic carbocycles. The van der Waals surface area contributed by atoms with Crippen LogP contribution in [-0.4, -0.2) is 19.6 Å². The maximum Gasteiger partial charge on any atom is 0.225 e. The average Bonchev–Trinajstić information content (AvgIpc) is 2.67. The van der Waals surface area contributed by atoms with E-state index in [0.29, 0.717) is 24.5 Å². The summed E-state index contributed by atoms with van der Waals surface area (Å²) in [6, 6.07) is 16.3. The second-order valence-electron chi connectivity index (χ2n) is 6.52. The third kappa shape index (κ3) is 3.16. The maximum atomic E-state index is 12.5. The molecule has 0 aliphatic carbocycles. The molecule has 1 N–H and O–H groups in total. The Hall–Kier alpha value is -2.53. The van der Waals surface area contributed by atoms with Crippen LogP contribution in [-0.2, 0) is 4.79 Å². The highest BCUT2D eigenvalue weighted by Crippen LogP contribution is 2.45.